The Hall–Kier alpha value is -1.43. The van der Waals surface area contributed by atoms with E-state index in [0.29, 0.717) is 25.2 Å². The van der Waals surface area contributed by atoms with Gasteiger partial charge in [0.15, 0.2) is 0 Å². The summed E-state index contributed by atoms with van der Waals surface area (Å²) in [5.41, 5.74) is 0.565. The number of carbonyl (C=O) groups is 1. The molecule has 1 fully saturated rings. The molecule has 1 aromatic rings. The van der Waals surface area contributed by atoms with Gasteiger partial charge in [-0.25, -0.2) is 4.68 Å². The summed E-state index contributed by atoms with van der Waals surface area (Å²) in [6, 6.07) is 0.216. The third kappa shape index (κ3) is 1.85. The largest absolute Gasteiger partial charge is 0.390 e. The number of aliphatic hydroxyl groups is 1. The molecule has 0 atom stereocenters. The molecule has 6 heteroatoms. The van der Waals surface area contributed by atoms with E-state index in [1.807, 2.05) is 6.92 Å². The van der Waals surface area contributed by atoms with Crippen molar-refractivity contribution in [1.29, 1.82) is 0 Å². The van der Waals surface area contributed by atoms with Gasteiger partial charge in [0.05, 0.1) is 18.8 Å². The van der Waals surface area contributed by atoms with Crippen molar-refractivity contribution in [2.24, 2.45) is 0 Å². The van der Waals surface area contributed by atoms with Crippen LogP contribution < -0.4 is 0 Å². The Balaban J connectivity index is 1.91. The zero-order chi connectivity index (χ0) is 10.8. The molecule has 0 unspecified atom stereocenters. The maximum atomic E-state index is 11.3. The summed E-state index contributed by atoms with van der Waals surface area (Å²) in [6.45, 7) is 3.15. The van der Waals surface area contributed by atoms with Crippen LogP contribution in [0.3, 0.4) is 0 Å². The minimum absolute atomic E-state index is 0.0929. The number of carbonyl (C=O) groups excluding carboxylic acids is 1. The van der Waals surface area contributed by atoms with Crippen molar-refractivity contribution in [3.63, 3.8) is 0 Å². The molecule has 6 nitrogen and oxygen atoms in total. The average molecular weight is 210 g/mol. The van der Waals surface area contributed by atoms with Gasteiger partial charge in [-0.2, -0.15) is 0 Å². The first-order chi connectivity index (χ1) is 7.24. The number of amides is 1. The summed E-state index contributed by atoms with van der Waals surface area (Å²) >= 11 is 0. The maximum absolute atomic E-state index is 11.3. The van der Waals surface area contributed by atoms with Crippen molar-refractivity contribution in [2.75, 3.05) is 13.1 Å². The molecule has 1 N–H and O–H groups in total. The van der Waals surface area contributed by atoms with Crippen molar-refractivity contribution in [1.82, 2.24) is 19.9 Å². The van der Waals surface area contributed by atoms with Crippen molar-refractivity contribution >= 4 is 5.91 Å². The van der Waals surface area contributed by atoms with Crippen LogP contribution in [0, 0.1) is 0 Å². The number of likely N-dealkylation sites (tertiary alicyclic amines) is 1. The molecule has 1 amide bonds. The van der Waals surface area contributed by atoms with Crippen molar-refractivity contribution in [3.05, 3.63) is 11.9 Å². The van der Waals surface area contributed by atoms with Crippen LogP contribution in [0.15, 0.2) is 6.20 Å². The second-order valence-corrected chi connectivity index (χ2v) is 3.65. The summed E-state index contributed by atoms with van der Waals surface area (Å²) < 4.78 is 1.71. The number of aromatic nitrogens is 3. The molecule has 1 aliphatic heterocycles. The highest BCUT2D eigenvalue weighted by Gasteiger charge is 2.31. The van der Waals surface area contributed by atoms with Crippen molar-refractivity contribution in [2.45, 2.75) is 26.0 Å². The van der Waals surface area contributed by atoms with Crippen molar-refractivity contribution < 1.29 is 9.90 Å². The first kappa shape index (κ1) is 10.1. The molecule has 1 aromatic heterocycles. The standard InChI is InChI=1S/C9H14N4O2/c1-2-9(15)12-4-8(5-12)13-3-7(6-14)10-11-13/h3,8,14H,2,4-6H2,1H3. The lowest BCUT2D eigenvalue weighted by molar-refractivity contribution is -0.136. The smallest absolute Gasteiger partial charge is 0.222 e. The Morgan fingerprint density at radius 1 is 1.67 bits per heavy atom. The highest BCUT2D eigenvalue weighted by atomic mass is 16.3. The second kappa shape index (κ2) is 3.98. The molecule has 0 aliphatic carbocycles. The molecule has 15 heavy (non-hydrogen) atoms. The van der Waals surface area contributed by atoms with E-state index in [1.165, 1.54) is 0 Å². The minimum atomic E-state index is -0.0929. The number of aliphatic hydroxyl groups excluding tert-OH is 1. The van der Waals surface area contributed by atoms with Crippen LogP contribution in [0.4, 0.5) is 0 Å². The molecule has 0 radical (unpaired) electrons. The molecule has 1 aliphatic rings. The van der Waals surface area contributed by atoms with Crippen LogP contribution in [0.1, 0.15) is 25.1 Å². The molecule has 1 saturated heterocycles. The molecular weight excluding hydrogens is 196 g/mol. The van der Waals surface area contributed by atoms with E-state index in [0.717, 1.165) is 0 Å². The Morgan fingerprint density at radius 2 is 2.40 bits per heavy atom. The summed E-state index contributed by atoms with van der Waals surface area (Å²) in [4.78, 5) is 13.1. The Kier molecular flexibility index (Phi) is 2.68. The Labute approximate surface area is 87.5 Å². The van der Waals surface area contributed by atoms with Gasteiger partial charge >= 0.3 is 0 Å². The highest BCUT2D eigenvalue weighted by Crippen LogP contribution is 2.20. The zero-order valence-corrected chi connectivity index (χ0v) is 8.63. The predicted octanol–water partition coefficient (Wildman–Crippen LogP) is -0.436. The lowest BCUT2D eigenvalue weighted by Crippen LogP contribution is -2.50. The zero-order valence-electron chi connectivity index (χ0n) is 8.63. The first-order valence-corrected chi connectivity index (χ1v) is 5.04. The van der Waals surface area contributed by atoms with E-state index in [1.54, 1.807) is 15.8 Å². The Bertz CT molecular complexity index is 357. The SMILES string of the molecule is CCC(=O)N1CC(n2cc(CO)nn2)C1. The van der Waals surface area contributed by atoms with Gasteiger partial charge in [-0.05, 0) is 0 Å². The third-order valence-electron chi connectivity index (χ3n) is 2.61. The van der Waals surface area contributed by atoms with Crippen LogP contribution >= 0.6 is 0 Å². The fourth-order valence-electron chi connectivity index (χ4n) is 1.61. The summed E-state index contributed by atoms with van der Waals surface area (Å²) in [6.07, 6.45) is 2.27. The normalized spacial score (nSPS) is 16.5. The maximum Gasteiger partial charge on any atom is 0.222 e. The third-order valence-corrected chi connectivity index (χ3v) is 2.61. The Morgan fingerprint density at radius 3 is 2.93 bits per heavy atom. The first-order valence-electron chi connectivity index (χ1n) is 5.04. The number of hydrogen-bond acceptors (Lipinski definition) is 4. The van der Waals surface area contributed by atoms with E-state index < -0.39 is 0 Å². The van der Waals surface area contributed by atoms with E-state index in [2.05, 4.69) is 10.3 Å². The van der Waals surface area contributed by atoms with Crippen LogP contribution in [-0.4, -0.2) is 44.0 Å². The lowest BCUT2D eigenvalue weighted by Gasteiger charge is -2.38. The van der Waals surface area contributed by atoms with E-state index >= 15 is 0 Å². The molecule has 0 bridgehead atoms. The second-order valence-electron chi connectivity index (χ2n) is 3.65. The topological polar surface area (TPSA) is 71.2 Å². The molecular formula is C9H14N4O2. The fourth-order valence-corrected chi connectivity index (χ4v) is 1.61. The summed E-state index contributed by atoms with van der Waals surface area (Å²) in [5, 5.41) is 16.5. The van der Waals surface area contributed by atoms with Gasteiger partial charge in [-0.1, -0.05) is 12.1 Å². The van der Waals surface area contributed by atoms with E-state index in [-0.39, 0.29) is 18.6 Å². The molecule has 2 heterocycles. The summed E-state index contributed by atoms with van der Waals surface area (Å²) in [7, 11) is 0. The van der Waals surface area contributed by atoms with Gasteiger partial charge in [0, 0.05) is 19.5 Å². The number of nitrogens with zero attached hydrogens (tertiary/aromatic N) is 4. The predicted molar refractivity (Wildman–Crippen MR) is 51.9 cm³/mol. The lowest BCUT2D eigenvalue weighted by atomic mass is 10.1. The van der Waals surface area contributed by atoms with E-state index in [4.69, 9.17) is 5.11 Å². The number of hydrogen-bond donors (Lipinski definition) is 1. The molecule has 2 rings (SSSR count). The minimum Gasteiger partial charge on any atom is -0.390 e. The van der Waals surface area contributed by atoms with Gasteiger partial charge in [-0.3, -0.25) is 4.79 Å². The summed E-state index contributed by atoms with van der Waals surface area (Å²) in [5.74, 6) is 0.175. The monoisotopic (exact) mass is 210 g/mol. The van der Waals surface area contributed by atoms with Crippen LogP contribution in [-0.2, 0) is 11.4 Å². The fraction of sp³-hybridized carbons (Fsp3) is 0.667. The molecule has 0 spiro atoms. The van der Waals surface area contributed by atoms with Gasteiger partial charge in [0.25, 0.3) is 0 Å². The van der Waals surface area contributed by atoms with Gasteiger partial charge in [0.2, 0.25) is 5.91 Å². The molecule has 0 saturated carbocycles. The highest BCUT2D eigenvalue weighted by molar-refractivity contribution is 5.76. The van der Waals surface area contributed by atoms with Crippen LogP contribution in [0.25, 0.3) is 0 Å². The van der Waals surface area contributed by atoms with Gasteiger partial charge in [0.1, 0.15) is 5.69 Å². The van der Waals surface area contributed by atoms with Gasteiger partial charge < -0.3 is 10.0 Å². The van der Waals surface area contributed by atoms with Gasteiger partial charge in [-0.15, -0.1) is 5.10 Å². The molecule has 82 valence electrons. The average Bonchev–Trinajstić information content (AvgIpc) is 2.63. The quantitative estimate of drug-likeness (QED) is 0.734. The van der Waals surface area contributed by atoms with Crippen LogP contribution in [0.2, 0.25) is 0 Å². The number of rotatable bonds is 3. The van der Waals surface area contributed by atoms with Crippen LogP contribution in [0.5, 0.6) is 0 Å². The molecule has 0 aromatic carbocycles. The van der Waals surface area contributed by atoms with E-state index in [9.17, 15) is 4.79 Å². The van der Waals surface area contributed by atoms with Crippen molar-refractivity contribution in [3.8, 4) is 0 Å².